The van der Waals surface area contributed by atoms with Crippen LogP contribution >= 0.6 is 11.8 Å². The molecule has 1 amide bonds. The van der Waals surface area contributed by atoms with Crippen molar-refractivity contribution in [2.45, 2.75) is 24.2 Å². The Hall–Kier alpha value is -2.14. The molecule has 2 aromatic carbocycles. The molecular formula is C20H21NO3S. The van der Waals surface area contributed by atoms with Gasteiger partial charge in [-0.05, 0) is 42.0 Å². The fraction of sp³-hybridized carbons (Fsp3) is 0.350. The number of ether oxygens (including phenoxy) is 2. The van der Waals surface area contributed by atoms with E-state index in [1.54, 1.807) is 11.8 Å². The maximum atomic E-state index is 13.0. The van der Waals surface area contributed by atoms with E-state index < -0.39 is 0 Å². The number of thioether (sulfide) groups is 1. The van der Waals surface area contributed by atoms with Gasteiger partial charge >= 0.3 is 0 Å². The second-order valence-corrected chi connectivity index (χ2v) is 7.58. The summed E-state index contributed by atoms with van der Waals surface area (Å²) in [5.74, 6) is 3.07. The summed E-state index contributed by atoms with van der Waals surface area (Å²) in [6.07, 6.45) is 0.981. The molecule has 0 bridgehead atoms. The highest BCUT2D eigenvalue weighted by atomic mass is 32.2. The lowest BCUT2D eigenvalue weighted by Gasteiger charge is -2.18. The third kappa shape index (κ3) is 3.21. The molecule has 0 spiro atoms. The quantitative estimate of drug-likeness (QED) is 0.772. The van der Waals surface area contributed by atoms with Crippen LogP contribution < -0.4 is 9.47 Å². The summed E-state index contributed by atoms with van der Waals surface area (Å²) in [7, 11) is 0. The molecule has 1 saturated heterocycles. The SMILES string of the molecule is CCSc1ccccc1C(=O)N1CCC(c2ccc3c(c2)OCO3)C1. The summed E-state index contributed by atoms with van der Waals surface area (Å²) in [6.45, 7) is 3.95. The first-order valence-corrected chi connectivity index (χ1v) is 9.65. The number of rotatable bonds is 4. The van der Waals surface area contributed by atoms with E-state index >= 15 is 0 Å². The van der Waals surface area contributed by atoms with Gasteiger partial charge in [0, 0.05) is 23.9 Å². The molecule has 2 aliphatic heterocycles. The first kappa shape index (κ1) is 16.3. The average molecular weight is 355 g/mol. The molecule has 25 heavy (non-hydrogen) atoms. The van der Waals surface area contributed by atoms with E-state index in [0.29, 0.717) is 12.7 Å². The number of carbonyl (C=O) groups is 1. The largest absolute Gasteiger partial charge is 0.454 e. The van der Waals surface area contributed by atoms with Crippen molar-refractivity contribution in [3.05, 3.63) is 53.6 Å². The normalized spacial score (nSPS) is 18.6. The van der Waals surface area contributed by atoms with E-state index in [2.05, 4.69) is 19.1 Å². The van der Waals surface area contributed by atoms with Crippen molar-refractivity contribution < 1.29 is 14.3 Å². The third-order valence-corrected chi connectivity index (χ3v) is 5.72. The Morgan fingerprint density at radius 1 is 1.20 bits per heavy atom. The summed E-state index contributed by atoms with van der Waals surface area (Å²) in [6, 6.07) is 14.0. The molecule has 0 saturated carbocycles. The molecule has 1 unspecified atom stereocenters. The van der Waals surface area contributed by atoms with E-state index in [9.17, 15) is 4.79 Å². The van der Waals surface area contributed by atoms with E-state index in [1.165, 1.54) is 5.56 Å². The molecule has 0 N–H and O–H groups in total. The van der Waals surface area contributed by atoms with Crippen molar-refractivity contribution in [3.8, 4) is 11.5 Å². The first-order chi connectivity index (χ1) is 12.3. The molecule has 4 rings (SSSR count). The van der Waals surface area contributed by atoms with Crippen molar-refractivity contribution in [2.75, 3.05) is 25.6 Å². The predicted octanol–water partition coefficient (Wildman–Crippen LogP) is 4.16. The zero-order valence-electron chi connectivity index (χ0n) is 14.2. The molecule has 1 atom stereocenters. The maximum absolute atomic E-state index is 13.0. The number of nitrogens with zero attached hydrogens (tertiary/aromatic N) is 1. The number of fused-ring (bicyclic) bond motifs is 1. The molecule has 130 valence electrons. The standard InChI is InChI=1S/C20H21NO3S/c1-2-25-19-6-4-3-5-16(19)20(22)21-10-9-15(12-21)14-7-8-17-18(11-14)24-13-23-17/h3-8,11,15H,2,9-10,12-13H2,1H3. The van der Waals surface area contributed by atoms with E-state index in [1.807, 2.05) is 35.2 Å². The minimum absolute atomic E-state index is 0.139. The van der Waals surface area contributed by atoms with Crippen LogP contribution in [0.4, 0.5) is 0 Å². The van der Waals surface area contributed by atoms with Crippen molar-refractivity contribution in [1.29, 1.82) is 0 Å². The second kappa shape index (κ2) is 7.00. The number of likely N-dealkylation sites (tertiary alicyclic amines) is 1. The minimum Gasteiger partial charge on any atom is -0.454 e. The Labute approximate surface area is 152 Å². The lowest BCUT2D eigenvalue weighted by Crippen LogP contribution is -2.28. The summed E-state index contributed by atoms with van der Waals surface area (Å²) in [5, 5.41) is 0. The lowest BCUT2D eigenvalue weighted by molar-refractivity contribution is 0.0787. The second-order valence-electron chi connectivity index (χ2n) is 6.28. The van der Waals surface area contributed by atoms with Gasteiger partial charge in [0.2, 0.25) is 6.79 Å². The molecule has 1 fully saturated rings. The van der Waals surface area contributed by atoms with Crippen LogP contribution in [0.5, 0.6) is 11.5 Å². The molecule has 4 nitrogen and oxygen atoms in total. The molecule has 2 aliphatic rings. The zero-order chi connectivity index (χ0) is 17.2. The smallest absolute Gasteiger partial charge is 0.255 e. The number of benzene rings is 2. The Kier molecular flexibility index (Phi) is 4.57. The van der Waals surface area contributed by atoms with Crippen molar-refractivity contribution in [1.82, 2.24) is 4.90 Å². The van der Waals surface area contributed by atoms with E-state index in [-0.39, 0.29) is 5.91 Å². The number of hydrogen-bond donors (Lipinski definition) is 0. The highest BCUT2D eigenvalue weighted by Gasteiger charge is 2.30. The Morgan fingerprint density at radius 2 is 2.04 bits per heavy atom. The van der Waals surface area contributed by atoms with Crippen LogP contribution in [0.2, 0.25) is 0 Å². The van der Waals surface area contributed by atoms with Crippen molar-refractivity contribution >= 4 is 17.7 Å². The van der Waals surface area contributed by atoms with Crippen molar-refractivity contribution in [2.24, 2.45) is 0 Å². The van der Waals surface area contributed by atoms with Crippen LogP contribution in [0.15, 0.2) is 47.4 Å². The molecule has 2 heterocycles. The minimum atomic E-state index is 0.139. The van der Waals surface area contributed by atoms with Gasteiger partial charge in [-0.15, -0.1) is 11.8 Å². The highest BCUT2D eigenvalue weighted by Crippen LogP contribution is 2.37. The van der Waals surface area contributed by atoms with E-state index in [0.717, 1.165) is 47.2 Å². The number of carbonyl (C=O) groups excluding carboxylic acids is 1. The lowest BCUT2D eigenvalue weighted by atomic mass is 9.98. The summed E-state index contributed by atoms with van der Waals surface area (Å²) in [4.78, 5) is 16.0. The first-order valence-electron chi connectivity index (χ1n) is 8.67. The molecule has 0 radical (unpaired) electrons. The molecule has 0 aliphatic carbocycles. The van der Waals surface area contributed by atoms with Gasteiger partial charge in [0.25, 0.3) is 5.91 Å². The molecule has 2 aromatic rings. The maximum Gasteiger partial charge on any atom is 0.255 e. The zero-order valence-corrected chi connectivity index (χ0v) is 15.1. The number of hydrogen-bond acceptors (Lipinski definition) is 4. The van der Waals surface area contributed by atoms with Crippen molar-refractivity contribution in [3.63, 3.8) is 0 Å². The van der Waals surface area contributed by atoms with Crippen LogP contribution in [0.25, 0.3) is 0 Å². The third-order valence-electron chi connectivity index (χ3n) is 4.76. The predicted molar refractivity (Wildman–Crippen MR) is 98.7 cm³/mol. The topological polar surface area (TPSA) is 38.8 Å². The van der Waals surface area contributed by atoms with E-state index in [4.69, 9.17) is 9.47 Å². The van der Waals surface area contributed by atoms with Gasteiger partial charge in [-0.3, -0.25) is 4.79 Å². The highest BCUT2D eigenvalue weighted by molar-refractivity contribution is 7.99. The van der Waals surface area contributed by atoms with Crippen LogP contribution in [-0.4, -0.2) is 36.4 Å². The Bertz CT molecular complexity index is 792. The fourth-order valence-corrected chi connectivity index (χ4v) is 4.28. The van der Waals surface area contributed by atoms with Gasteiger partial charge in [0.15, 0.2) is 11.5 Å². The van der Waals surface area contributed by atoms with Gasteiger partial charge in [-0.25, -0.2) is 0 Å². The Balaban J connectivity index is 1.50. The van der Waals surface area contributed by atoms with Gasteiger partial charge < -0.3 is 14.4 Å². The Morgan fingerprint density at radius 3 is 2.92 bits per heavy atom. The van der Waals surface area contributed by atoms with Crippen LogP contribution in [0.3, 0.4) is 0 Å². The monoisotopic (exact) mass is 355 g/mol. The fourth-order valence-electron chi connectivity index (χ4n) is 3.48. The number of amides is 1. The van der Waals surface area contributed by atoms with Crippen LogP contribution in [-0.2, 0) is 0 Å². The van der Waals surface area contributed by atoms with Gasteiger partial charge in [-0.1, -0.05) is 25.1 Å². The average Bonchev–Trinajstić information content (AvgIpc) is 3.30. The van der Waals surface area contributed by atoms with Gasteiger partial charge in [-0.2, -0.15) is 0 Å². The van der Waals surface area contributed by atoms with Crippen LogP contribution in [0, 0.1) is 0 Å². The molecule has 0 aromatic heterocycles. The summed E-state index contributed by atoms with van der Waals surface area (Å²) >= 11 is 1.72. The molecule has 5 heteroatoms. The van der Waals surface area contributed by atoms with Crippen LogP contribution in [0.1, 0.15) is 35.2 Å². The molecular weight excluding hydrogens is 334 g/mol. The van der Waals surface area contributed by atoms with Gasteiger partial charge in [0.1, 0.15) is 0 Å². The van der Waals surface area contributed by atoms with Gasteiger partial charge in [0.05, 0.1) is 5.56 Å². The summed E-state index contributed by atoms with van der Waals surface area (Å²) < 4.78 is 10.9. The summed E-state index contributed by atoms with van der Waals surface area (Å²) in [5.41, 5.74) is 2.04.